The molecule has 1 aromatic rings. The summed E-state index contributed by atoms with van der Waals surface area (Å²) in [6.07, 6.45) is 2.06. The molecule has 0 aliphatic heterocycles. The average molecular weight is 237 g/mol. The molecule has 4 nitrogen and oxygen atoms in total. The van der Waals surface area contributed by atoms with Gasteiger partial charge in [0.2, 0.25) is 0 Å². The number of amides is 1. The molecule has 1 rings (SSSR count). The molecular formula is C12H12FNO3. The third-order valence-electron chi connectivity index (χ3n) is 1.89. The fourth-order valence-corrected chi connectivity index (χ4v) is 1.09. The van der Waals surface area contributed by atoms with Gasteiger partial charge in [0, 0.05) is 12.1 Å². The fourth-order valence-electron chi connectivity index (χ4n) is 1.09. The number of ether oxygens (including phenoxy) is 1. The van der Waals surface area contributed by atoms with E-state index >= 15 is 0 Å². The third kappa shape index (κ3) is 4.06. The molecule has 1 aromatic carbocycles. The maximum absolute atomic E-state index is 13.3. The number of carbonyl (C=O) groups is 2. The summed E-state index contributed by atoms with van der Waals surface area (Å²) in [5.74, 6) is -1.11. The molecule has 0 radical (unpaired) electrons. The van der Waals surface area contributed by atoms with Gasteiger partial charge in [-0.3, -0.25) is 9.59 Å². The Hall–Kier alpha value is -2.17. The largest absolute Gasteiger partial charge is 0.481 e. The maximum atomic E-state index is 13.3. The maximum Gasteiger partial charge on any atom is 0.258 e. The molecule has 0 fully saturated rings. The van der Waals surface area contributed by atoms with Gasteiger partial charge in [-0.25, -0.2) is 4.39 Å². The van der Waals surface area contributed by atoms with Crippen molar-refractivity contribution >= 4 is 12.2 Å². The van der Waals surface area contributed by atoms with Crippen LogP contribution in [0.4, 0.5) is 4.39 Å². The van der Waals surface area contributed by atoms with Crippen LogP contribution in [0.3, 0.4) is 0 Å². The quantitative estimate of drug-likeness (QED) is 0.599. The summed E-state index contributed by atoms with van der Waals surface area (Å²) < 4.78 is 18.3. The van der Waals surface area contributed by atoms with Crippen molar-refractivity contribution in [2.24, 2.45) is 0 Å². The lowest BCUT2D eigenvalue weighted by molar-refractivity contribution is -0.122. The minimum Gasteiger partial charge on any atom is -0.481 e. The molecule has 5 heteroatoms. The Morgan fingerprint density at radius 3 is 2.88 bits per heavy atom. The fraction of sp³-hybridized carbons (Fsp3) is 0.167. The van der Waals surface area contributed by atoms with Crippen molar-refractivity contribution in [1.82, 2.24) is 5.32 Å². The molecule has 0 spiro atoms. The van der Waals surface area contributed by atoms with Gasteiger partial charge >= 0.3 is 0 Å². The van der Waals surface area contributed by atoms with E-state index in [1.54, 1.807) is 0 Å². The van der Waals surface area contributed by atoms with Crippen LogP contribution in [-0.2, 0) is 4.79 Å². The van der Waals surface area contributed by atoms with Gasteiger partial charge in [0.1, 0.15) is 6.29 Å². The van der Waals surface area contributed by atoms with Crippen molar-refractivity contribution in [2.75, 3.05) is 13.2 Å². The summed E-state index contributed by atoms with van der Waals surface area (Å²) in [4.78, 5) is 21.5. The number of nitrogens with one attached hydrogen (secondary N) is 1. The first-order valence-electron chi connectivity index (χ1n) is 4.92. The highest BCUT2D eigenvalue weighted by Crippen LogP contribution is 2.17. The molecule has 0 aliphatic rings. The molecule has 0 saturated heterocycles. The van der Waals surface area contributed by atoms with Crippen molar-refractivity contribution in [3.8, 4) is 5.75 Å². The molecule has 0 bridgehead atoms. The molecule has 0 atom stereocenters. The second kappa shape index (κ2) is 6.42. The van der Waals surface area contributed by atoms with E-state index in [0.717, 1.165) is 6.07 Å². The lowest BCUT2D eigenvalue weighted by Crippen LogP contribution is -2.28. The van der Waals surface area contributed by atoms with E-state index in [2.05, 4.69) is 11.9 Å². The van der Waals surface area contributed by atoms with Gasteiger partial charge in [-0.05, 0) is 18.2 Å². The zero-order chi connectivity index (χ0) is 12.7. The van der Waals surface area contributed by atoms with Gasteiger partial charge in [-0.2, -0.15) is 0 Å². The number of hydrogen-bond donors (Lipinski definition) is 1. The van der Waals surface area contributed by atoms with Crippen LogP contribution >= 0.6 is 0 Å². The summed E-state index contributed by atoms with van der Waals surface area (Å²) in [5, 5.41) is 2.48. The van der Waals surface area contributed by atoms with E-state index in [9.17, 15) is 14.0 Å². The molecule has 17 heavy (non-hydrogen) atoms. The van der Waals surface area contributed by atoms with Gasteiger partial charge in [0.25, 0.3) is 5.91 Å². The smallest absolute Gasteiger partial charge is 0.258 e. The molecule has 0 aromatic heterocycles. The second-order valence-electron chi connectivity index (χ2n) is 3.19. The monoisotopic (exact) mass is 237 g/mol. The molecule has 1 amide bonds. The van der Waals surface area contributed by atoms with Crippen molar-refractivity contribution in [1.29, 1.82) is 0 Å². The molecule has 0 heterocycles. The predicted octanol–water partition coefficient (Wildman–Crippen LogP) is 1.32. The second-order valence-corrected chi connectivity index (χ2v) is 3.19. The Balaban J connectivity index is 2.54. The predicted molar refractivity (Wildman–Crippen MR) is 60.5 cm³/mol. The first-order valence-corrected chi connectivity index (χ1v) is 4.92. The van der Waals surface area contributed by atoms with Crippen molar-refractivity contribution in [3.05, 3.63) is 42.2 Å². The third-order valence-corrected chi connectivity index (χ3v) is 1.89. The van der Waals surface area contributed by atoms with Gasteiger partial charge in [0.15, 0.2) is 18.2 Å². The Bertz CT molecular complexity index is 432. The van der Waals surface area contributed by atoms with E-state index in [0.29, 0.717) is 12.8 Å². The van der Waals surface area contributed by atoms with E-state index in [-0.39, 0.29) is 23.8 Å². The van der Waals surface area contributed by atoms with Gasteiger partial charge in [-0.15, -0.1) is 6.58 Å². The molecule has 1 N–H and O–H groups in total. The van der Waals surface area contributed by atoms with E-state index in [1.807, 2.05) is 0 Å². The van der Waals surface area contributed by atoms with Crippen molar-refractivity contribution < 1.29 is 18.7 Å². The Morgan fingerprint density at radius 2 is 2.29 bits per heavy atom. The summed E-state index contributed by atoms with van der Waals surface area (Å²) in [5.41, 5.74) is 0.214. The highest BCUT2D eigenvalue weighted by molar-refractivity contribution is 5.78. The Morgan fingerprint density at radius 1 is 1.53 bits per heavy atom. The van der Waals surface area contributed by atoms with Crippen molar-refractivity contribution in [2.45, 2.75) is 0 Å². The van der Waals surface area contributed by atoms with Crippen LogP contribution in [0.2, 0.25) is 0 Å². The highest BCUT2D eigenvalue weighted by atomic mass is 19.1. The standard InChI is InChI=1S/C12H12FNO3/c1-2-5-14-12(16)8-17-11-4-3-9(7-15)6-10(11)13/h2-4,6-7H,1,5,8H2,(H,14,16). The molecular weight excluding hydrogens is 225 g/mol. The van der Waals surface area contributed by atoms with E-state index in [4.69, 9.17) is 4.74 Å². The van der Waals surface area contributed by atoms with Crippen LogP contribution in [0, 0.1) is 5.82 Å². The molecule has 0 saturated carbocycles. The Kier molecular flexibility index (Phi) is 4.87. The average Bonchev–Trinajstić information content (AvgIpc) is 2.34. The van der Waals surface area contributed by atoms with Crippen LogP contribution in [0.15, 0.2) is 30.9 Å². The Labute approximate surface area is 98.1 Å². The molecule has 0 aliphatic carbocycles. The number of rotatable bonds is 6. The van der Waals surface area contributed by atoms with E-state index in [1.165, 1.54) is 18.2 Å². The zero-order valence-corrected chi connectivity index (χ0v) is 9.11. The summed E-state index contributed by atoms with van der Waals surface area (Å²) in [6.45, 7) is 3.48. The van der Waals surface area contributed by atoms with Crippen LogP contribution < -0.4 is 10.1 Å². The zero-order valence-electron chi connectivity index (χ0n) is 9.11. The number of carbonyl (C=O) groups excluding carboxylic acids is 2. The minimum absolute atomic E-state index is 0.0654. The highest BCUT2D eigenvalue weighted by Gasteiger charge is 2.07. The SMILES string of the molecule is C=CCNC(=O)COc1ccc(C=O)cc1F. The van der Waals surface area contributed by atoms with E-state index < -0.39 is 5.82 Å². The summed E-state index contributed by atoms with van der Waals surface area (Å²) >= 11 is 0. The van der Waals surface area contributed by atoms with Crippen LogP contribution in [-0.4, -0.2) is 25.3 Å². The lowest BCUT2D eigenvalue weighted by Gasteiger charge is -2.07. The van der Waals surface area contributed by atoms with Gasteiger partial charge in [-0.1, -0.05) is 6.08 Å². The number of benzene rings is 1. The summed E-state index contributed by atoms with van der Waals surface area (Å²) in [7, 11) is 0. The van der Waals surface area contributed by atoms with Crippen LogP contribution in [0.1, 0.15) is 10.4 Å². The first-order chi connectivity index (χ1) is 8.17. The van der Waals surface area contributed by atoms with Gasteiger partial charge in [0.05, 0.1) is 0 Å². The lowest BCUT2D eigenvalue weighted by atomic mass is 10.2. The normalized spacial score (nSPS) is 9.47. The molecule has 0 unspecified atom stereocenters. The number of aldehydes is 1. The number of hydrogen-bond acceptors (Lipinski definition) is 3. The topological polar surface area (TPSA) is 55.4 Å². The summed E-state index contributed by atoms with van der Waals surface area (Å²) in [6, 6.07) is 3.76. The van der Waals surface area contributed by atoms with Crippen molar-refractivity contribution in [3.63, 3.8) is 0 Å². The van der Waals surface area contributed by atoms with Crippen LogP contribution in [0.5, 0.6) is 5.75 Å². The first kappa shape index (κ1) is 12.9. The molecule has 90 valence electrons. The van der Waals surface area contributed by atoms with Gasteiger partial charge < -0.3 is 10.1 Å². The minimum atomic E-state index is -0.675. The number of halogens is 1. The van der Waals surface area contributed by atoms with Crippen LogP contribution in [0.25, 0.3) is 0 Å².